The summed E-state index contributed by atoms with van der Waals surface area (Å²) >= 11 is 0. The second-order valence-corrected chi connectivity index (χ2v) is 9.86. The molecule has 0 saturated heterocycles. The largest absolute Gasteiger partial charge is 0.318 e. The summed E-state index contributed by atoms with van der Waals surface area (Å²) in [7, 11) is 0. The monoisotopic (exact) mass is 496 g/mol. The van der Waals surface area contributed by atoms with Crippen LogP contribution in [0.5, 0.6) is 0 Å². The van der Waals surface area contributed by atoms with E-state index in [0.717, 1.165) is 12.8 Å². The number of benzene rings is 5. The van der Waals surface area contributed by atoms with Crippen LogP contribution in [0, 0.1) is 6.92 Å². The summed E-state index contributed by atoms with van der Waals surface area (Å²) in [6.45, 7) is 4.84. The first-order chi connectivity index (χ1) is 18.7. The number of nitrogens with one attached hydrogen (secondary N) is 1. The maximum absolute atomic E-state index is 6.20. The third-order valence-corrected chi connectivity index (χ3v) is 7.25. The van der Waals surface area contributed by atoms with Gasteiger partial charge in [0.15, 0.2) is 0 Å². The zero-order valence-electron chi connectivity index (χ0n) is 22.3. The van der Waals surface area contributed by atoms with Crippen molar-refractivity contribution < 1.29 is 0 Å². The Bertz CT molecular complexity index is 1430. The first kappa shape index (κ1) is 25.7. The van der Waals surface area contributed by atoms with Gasteiger partial charge in [0, 0.05) is 6.67 Å². The molecule has 0 saturated carbocycles. The van der Waals surface area contributed by atoms with E-state index < -0.39 is 0 Å². The zero-order valence-corrected chi connectivity index (χ0v) is 22.3. The Kier molecular flexibility index (Phi) is 8.13. The van der Waals surface area contributed by atoms with E-state index in [1.54, 1.807) is 0 Å². The molecule has 5 aromatic carbocycles. The van der Waals surface area contributed by atoms with Crippen molar-refractivity contribution in [1.82, 2.24) is 5.32 Å². The Hall–Kier alpha value is -3.98. The summed E-state index contributed by atoms with van der Waals surface area (Å²) in [5.41, 5.74) is 18.7. The molecule has 5 aromatic rings. The Morgan fingerprint density at radius 3 is 1.87 bits per heavy atom. The van der Waals surface area contributed by atoms with E-state index in [2.05, 4.69) is 140 Å². The van der Waals surface area contributed by atoms with Crippen LogP contribution in [-0.2, 0) is 6.42 Å². The van der Waals surface area contributed by atoms with E-state index in [1.807, 2.05) is 0 Å². The van der Waals surface area contributed by atoms with Crippen LogP contribution < -0.4 is 11.1 Å². The summed E-state index contributed by atoms with van der Waals surface area (Å²) in [5, 5.41) is 3.64. The molecular formula is C36H36N2. The van der Waals surface area contributed by atoms with Crippen molar-refractivity contribution in [3.63, 3.8) is 0 Å². The van der Waals surface area contributed by atoms with Crippen molar-refractivity contribution in [2.24, 2.45) is 5.73 Å². The van der Waals surface area contributed by atoms with E-state index in [9.17, 15) is 0 Å². The Balaban J connectivity index is 1.73. The van der Waals surface area contributed by atoms with Gasteiger partial charge >= 0.3 is 0 Å². The smallest absolute Gasteiger partial charge is 0.0593 e. The van der Waals surface area contributed by atoms with Gasteiger partial charge in [0.05, 0.1) is 6.04 Å². The van der Waals surface area contributed by atoms with Gasteiger partial charge in [-0.3, -0.25) is 5.32 Å². The molecule has 0 aromatic heterocycles. The van der Waals surface area contributed by atoms with E-state index in [0.29, 0.717) is 6.67 Å². The maximum Gasteiger partial charge on any atom is 0.0593 e. The minimum absolute atomic E-state index is 0.0595. The lowest BCUT2D eigenvalue weighted by Gasteiger charge is -2.26. The fourth-order valence-electron chi connectivity index (χ4n) is 5.49. The fraction of sp³-hybridized carbons (Fsp3) is 0.167. The van der Waals surface area contributed by atoms with Crippen LogP contribution in [0.3, 0.4) is 0 Å². The van der Waals surface area contributed by atoms with Crippen LogP contribution in [0.4, 0.5) is 0 Å². The van der Waals surface area contributed by atoms with Gasteiger partial charge in [-0.05, 0) is 87.2 Å². The molecule has 0 amide bonds. The normalized spacial score (nSPS) is 11.9. The first-order valence-electron chi connectivity index (χ1n) is 13.6. The predicted octanol–water partition coefficient (Wildman–Crippen LogP) is 8.54. The second kappa shape index (κ2) is 12.0. The minimum Gasteiger partial charge on any atom is -0.318 e. The first-order valence-corrected chi connectivity index (χ1v) is 13.6. The molecule has 2 heteroatoms. The van der Waals surface area contributed by atoms with Crippen molar-refractivity contribution >= 4 is 0 Å². The highest BCUT2D eigenvalue weighted by molar-refractivity contribution is 5.77. The molecule has 2 nitrogen and oxygen atoms in total. The van der Waals surface area contributed by atoms with Gasteiger partial charge in [0.2, 0.25) is 0 Å². The summed E-state index contributed by atoms with van der Waals surface area (Å²) in [6.07, 6.45) is 2.17. The van der Waals surface area contributed by atoms with Gasteiger partial charge in [0.1, 0.15) is 0 Å². The van der Waals surface area contributed by atoms with Crippen molar-refractivity contribution in [2.45, 2.75) is 32.7 Å². The molecule has 0 aliphatic rings. The molecule has 0 fully saturated rings. The van der Waals surface area contributed by atoms with Gasteiger partial charge in [0.25, 0.3) is 0 Å². The summed E-state index contributed by atoms with van der Waals surface area (Å²) in [5.74, 6) is 0. The number of hydrogen-bond donors (Lipinski definition) is 2. The van der Waals surface area contributed by atoms with Gasteiger partial charge < -0.3 is 5.73 Å². The van der Waals surface area contributed by atoms with E-state index >= 15 is 0 Å². The van der Waals surface area contributed by atoms with Crippen molar-refractivity contribution in [2.75, 3.05) is 6.67 Å². The second-order valence-electron chi connectivity index (χ2n) is 9.86. The van der Waals surface area contributed by atoms with Crippen LogP contribution in [0.25, 0.3) is 33.4 Å². The Morgan fingerprint density at radius 2 is 1.26 bits per heavy atom. The third kappa shape index (κ3) is 5.47. The topological polar surface area (TPSA) is 38.0 Å². The average molecular weight is 497 g/mol. The lowest BCUT2D eigenvalue weighted by Crippen LogP contribution is -2.29. The zero-order chi connectivity index (χ0) is 26.3. The summed E-state index contributed by atoms with van der Waals surface area (Å²) < 4.78 is 0. The highest BCUT2D eigenvalue weighted by Crippen LogP contribution is 2.39. The molecule has 38 heavy (non-hydrogen) atoms. The van der Waals surface area contributed by atoms with Crippen LogP contribution in [0.15, 0.2) is 121 Å². The molecule has 0 aliphatic heterocycles. The standard InChI is InChI=1S/C36H36N2/c1-3-13-29-19-10-11-20-33(29)35-26(2)14-12-21-34(35)36(38-25-37)32-23-30(27-15-6-4-7-16-27)22-31(24-32)28-17-8-5-9-18-28/h4-12,14-24,36,38H,3,13,25,37H2,1-2H3. The minimum atomic E-state index is -0.0595. The van der Waals surface area contributed by atoms with Crippen molar-refractivity contribution in [3.05, 3.63) is 144 Å². The van der Waals surface area contributed by atoms with E-state index in [1.165, 1.54) is 55.6 Å². The fourth-order valence-corrected chi connectivity index (χ4v) is 5.49. The van der Waals surface area contributed by atoms with Crippen molar-refractivity contribution in [3.8, 4) is 33.4 Å². The molecule has 1 atom stereocenters. The van der Waals surface area contributed by atoms with Crippen LogP contribution in [0.1, 0.15) is 41.6 Å². The summed E-state index contributed by atoms with van der Waals surface area (Å²) in [4.78, 5) is 0. The molecule has 1 unspecified atom stereocenters. The molecule has 3 N–H and O–H groups in total. The van der Waals surface area contributed by atoms with Gasteiger partial charge in [-0.2, -0.15) is 0 Å². The molecule has 0 radical (unpaired) electrons. The third-order valence-electron chi connectivity index (χ3n) is 7.25. The lowest BCUT2D eigenvalue weighted by atomic mass is 9.84. The SMILES string of the molecule is CCCc1ccccc1-c1c(C)cccc1C(NCN)c1cc(-c2ccccc2)cc(-c2ccccc2)c1. The molecule has 5 rings (SSSR count). The Labute approximate surface area is 227 Å². The number of rotatable bonds is 9. The predicted molar refractivity (Wildman–Crippen MR) is 162 cm³/mol. The van der Waals surface area contributed by atoms with Gasteiger partial charge in [-0.15, -0.1) is 0 Å². The lowest BCUT2D eigenvalue weighted by molar-refractivity contribution is 0.620. The molecular weight excluding hydrogens is 460 g/mol. The highest BCUT2D eigenvalue weighted by Gasteiger charge is 2.22. The van der Waals surface area contributed by atoms with E-state index in [4.69, 9.17) is 5.73 Å². The molecule has 0 spiro atoms. The van der Waals surface area contributed by atoms with Crippen LogP contribution >= 0.6 is 0 Å². The Morgan fingerprint density at radius 1 is 0.658 bits per heavy atom. The van der Waals surface area contributed by atoms with Crippen molar-refractivity contribution in [1.29, 1.82) is 0 Å². The number of aryl methyl sites for hydroxylation is 2. The molecule has 0 heterocycles. The number of nitrogens with two attached hydrogens (primary N) is 1. The van der Waals surface area contributed by atoms with Crippen LogP contribution in [0.2, 0.25) is 0 Å². The average Bonchev–Trinajstić information content (AvgIpc) is 2.97. The maximum atomic E-state index is 6.20. The van der Waals surface area contributed by atoms with Gasteiger partial charge in [-0.25, -0.2) is 0 Å². The van der Waals surface area contributed by atoms with E-state index in [-0.39, 0.29) is 6.04 Å². The van der Waals surface area contributed by atoms with Gasteiger partial charge in [-0.1, -0.05) is 116 Å². The molecule has 0 bridgehead atoms. The van der Waals surface area contributed by atoms with Crippen LogP contribution in [-0.4, -0.2) is 6.67 Å². The molecule has 0 aliphatic carbocycles. The quantitative estimate of drug-likeness (QED) is 0.201. The summed E-state index contributed by atoms with van der Waals surface area (Å²) in [6, 6.07) is 43.6. The number of hydrogen-bond acceptors (Lipinski definition) is 2. The molecule has 190 valence electrons. The highest BCUT2D eigenvalue weighted by atomic mass is 15.0.